The van der Waals surface area contributed by atoms with E-state index in [0.29, 0.717) is 15.7 Å². The van der Waals surface area contributed by atoms with Crippen LogP contribution >= 0.6 is 23.2 Å². The van der Waals surface area contributed by atoms with Gasteiger partial charge >= 0.3 is 12.0 Å². The highest BCUT2D eigenvalue weighted by Crippen LogP contribution is 2.22. The molecule has 7 heteroatoms. The van der Waals surface area contributed by atoms with Crippen molar-refractivity contribution in [1.82, 2.24) is 5.32 Å². The Morgan fingerprint density at radius 3 is 2.14 bits per heavy atom. The molecule has 0 saturated heterocycles. The molecule has 0 unspecified atom stereocenters. The third kappa shape index (κ3) is 6.69. The Hall–Kier alpha value is -1.46. The molecule has 21 heavy (non-hydrogen) atoms. The summed E-state index contributed by atoms with van der Waals surface area (Å²) in [5.41, 5.74) is -0.175. The summed E-state index contributed by atoms with van der Waals surface area (Å²) in [6.45, 7) is 6.81. The van der Waals surface area contributed by atoms with Gasteiger partial charge in [-0.3, -0.25) is 0 Å². The number of hydrogen-bond donors (Lipinski definition) is 2. The number of nitrogens with one attached hydrogen (secondary N) is 2. The summed E-state index contributed by atoms with van der Waals surface area (Å²) >= 11 is 11.7. The average Bonchev–Trinajstić information content (AvgIpc) is 2.24. The SMILES string of the molecule is C[C@H](NC(=O)Nc1cc(Cl)cc(Cl)c1)C(=O)OC(C)(C)C. The van der Waals surface area contributed by atoms with E-state index >= 15 is 0 Å². The van der Waals surface area contributed by atoms with Crippen LogP contribution in [0.15, 0.2) is 18.2 Å². The van der Waals surface area contributed by atoms with Crippen molar-refractivity contribution in [2.24, 2.45) is 0 Å². The van der Waals surface area contributed by atoms with Gasteiger partial charge < -0.3 is 15.4 Å². The minimum absolute atomic E-state index is 0.401. The Morgan fingerprint density at radius 1 is 1.14 bits per heavy atom. The monoisotopic (exact) mass is 332 g/mol. The second-order valence-corrected chi connectivity index (χ2v) is 6.38. The van der Waals surface area contributed by atoms with E-state index in [0.717, 1.165) is 0 Å². The van der Waals surface area contributed by atoms with Crippen LogP contribution in [0.5, 0.6) is 0 Å². The molecule has 116 valence electrons. The van der Waals surface area contributed by atoms with Crippen LogP contribution in [0.25, 0.3) is 0 Å². The van der Waals surface area contributed by atoms with Crippen LogP contribution in [0.3, 0.4) is 0 Å². The van der Waals surface area contributed by atoms with E-state index in [1.165, 1.54) is 0 Å². The minimum Gasteiger partial charge on any atom is -0.458 e. The van der Waals surface area contributed by atoms with Gasteiger partial charge in [0.1, 0.15) is 11.6 Å². The van der Waals surface area contributed by atoms with Crippen LogP contribution < -0.4 is 10.6 Å². The quantitative estimate of drug-likeness (QED) is 0.826. The Balaban J connectivity index is 2.59. The second kappa shape index (κ2) is 7.00. The highest BCUT2D eigenvalue weighted by molar-refractivity contribution is 6.35. The zero-order chi connectivity index (χ0) is 16.2. The molecular formula is C14H18Cl2N2O3. The zero-order valence-corrected chi connectivity index (χ0v) is 13.8. The standard InChI is InChI=1S/C14H18Cl2N2O3/c1-8(12(19)21-14(2,3)4)17-13(20)18-11-6-9(15)5-10(16)7-11/h5-8H,1-4H3,(H2,17,18,20)/t8-/m0/s1. The Morgan fingerprint density at radius 2 is 1.67 bits per heavy atom. The molecule has 0 spiro atoms. The van der Waals surface area contributed by atoms with Crippen molar-refractivity contribution in [2.45, 2.75) is 39.3 Å². The molecule has 1 atom stereocenters. The van der Waals surface area contributed by atoms with Gasteiger partial charge in [0.05, 0.1) is 0 Å². The lowest BCUT2D eigenvalue weighted by Gasteiger charge is -2.22. The summed E-state index contributed by atoms with van der Waals surface area (Å²) in [4.78, 5) is 23.5. The van der Waals surface area contributed by atoms with E-state index in [9.17, 15) is 9.59 Å². The first kappa shape index (κ1) is 17.6. The van der Waals surface area contributed by atoms with E-state index in [1.807, 2.05) is 0 Å². The van der Waals surface area contributed by atoms with Gasteiger partial charge in [-0.15, -0.1) is 0 Å². The van der Waals surface area contributed by atoms with Gasteiger partial charge in [0, 0.05) is 15.7 Å². The number of anilines is 1. The lowest BCUT2D eigenvalue weighted by atomic mass is 10.2. The third-order valence-electron chi connectivity index (χ3n) is 2.23. The summed E-state index contributed by atoms with van der Waals surface area (Å²) in [6, 6.07) is 3.32. The summed E-state index contributed by atoms with van der Waals surface area (Å²) < 4.78 is 5.17. The molecule has 0 aliphatic heterocycles. The van der Waals surface area contributed by atoms with Crippen molar-refractivity contribution in [1.29, 1.82) is 0 Å². The maximum absolute atomic E-state index is 11.8. The second-order valence-electron chi connectivity index (χ2n) is 5.51. The molecule has 0 aromatic heterocycles. The third-order valence-corrected chi connectivity index (χ3v) is 2.66. The molecule has 1 rings (SSSR count). The molecule has 1 aromatic carbocycles. The maximum Gasteiger partial charge on any atom is 0.328 e. The minimum atomic E-state index is -0.779. The lowest BCUT2D eigenvalue weighted by Crippen LogP contribution is -2.43. The fourth-order valence-corrected chi connectivity index (χ4v) is 1.96. The first-order valence-electron chi connectivity index (χ1n) is 6.33. The number of halogens is 2. The summed E-state index contributed by atoms with van der Waals surface area (Å²) in [6.07, 6.45) is 0. The van der Waals surface area contributed by atoms with Gasteiger partial charge in [-0.25, -0.2) is 9.59 Å². The maximum atomic E-state index is 11.8. The van der Waals surface area contributed by atoms with Crippen molar-refractivity contribution >= 4 is 40.9 Å². The van der Waals surface area contributed by atoms with Gasteiger partial charge in [-0.2, -0.15) is 0 Å². The molecule has 0 bridgehead atoms. The van der Waals surface area contributed by atoms with Crippen LogP contribution in [-0.4, -0.2) is 23.6 Å². The number of rotatable bonds is 3. The number of hydrogen-bond acceptors (Lipinski definition) is 3. The molecule has 2 N–H and O–H groups in total. The summed E-state index contributed by atoms with van der Waals surface area (Å²) in [5, 5.41) is 5.83. The number of carbonyl (C=O) groups excluding carboxylic acids is 2. The molecule has 0 aliphatic carbocycles. The highest BCUT2D eigenvalue weighted by atomic mass is 35.5. The molecule has 0 aliphatic rings. The van der Waals surface area contributed by atoms with Crippen LogP contribution in [0.1, 0.15) is 27.7 Å². The first-order chi connectivity index (χ1) is 9.56. The van der Waals surface area contributed by atoms with Gasteiger partial charge in [0.15, 0.2) is 0 Å². The molecule has 5 nitrogen and oxygen atoms in total. The summed E-state index contributed by atoms with van der Waals surface area (Å²) in [7, 11) is 0. The van der Waals surface area contributed by atoms with Crippen LogP contribution in [0.4, 0.5) is 10.5 Å². The van der Waals surface area contributed by atoms with E-state index < -0.39 is 23.6 Å². The fraction of sp³-hybridized carbons (Fsp3) is 0.429. The Bertz CT molecular complexity index is 521. The predicted molar refractivity (Wildman–Crippen MR) is 83.9 cm³/mol. The number of benzene rings is 1. The molecular weight excluding hydrogens is 315 g/mol. The van der Waals surface area contributed by atoms with Crippen LogP contribution in [0, 0.1) is 0 Å². The highest BCUT2D eigenvalue weighted by Gasteiger charge is 2.22. The molecule has 0 radical (unpaired) electrons. The Labute approximate surface area is 133 Å². The number of esters is 1. The number of ether oxygens (including phenoxy) is 1. The van der Waals surface area contributed by atoms with Gasteiger partial charge in [0.2, 0.25) is 0 Å². The molecule has 0 saturated carbocycles. The number of urea groups is 1. The Kier molecular flexibility index (Phi) is 5.87. The largest absolute Gasteiger partial charge is 0.458 e. The molecule has 0 heterocycles. The predicted octanol–water partition coefficient (Wildman–Crippen LogP) is 3.85. The first-order valence-corrected chi connectivity index (χ1v) is 7.09. The van der Waals surface area contributed by atoms with Gasteiger partial charge in [-0.05, 0) is 45.9 Å². The van der Waals surface area contributed by atoms with Crippen molar-refractivity contribution in [3.63, 3.8) is 0 Å². The normalized spacial score (nSPS) is 12.5. The smallest absolute Gasteiger partial charge is 0.328 e. The summed E-state index contributed by atoms with van der Waals surface area (Å²) in [5.74, 6) is -0.512. The molecule has 1 aromatic rings. The van der Waals surface area contributed by atoms with E-state index in [4.69, 9.17) is 27.9 Å². The van der Waals surface area contributed by atoms with Crippen LogP contribution in [0.2, 0.25) is 10.0 Å². The fourth-order valence-electron chi connectivity index (χ4n) is 1.44. The van der Waals surface area contributed by atoms with Crippen molar-refractivity contribution in [2.75, 3.05) is 5.32 Å². The van der Waals surface area contributed by atoms with Crippen LogP contribution in [-0.2, 0) is 9.53 Å². The van der Waals surface area contributed by atoms with E-state index in [1.54, 1.807) is 45.9 Å². The number of carbonyl (C=O) groups is 2. The molecule has 2 amide bonds. The van der Waals surface area contributed by atoms with Gasteiger partial charge in [-0.1, -0.05) is 23.2 Å². The van der Waals surface area contributed by atoms with E-state index in [-0.39, 0.29) is 0 Å². The lowest BCUT2D eigenvalue weighted by molar-refractivity contribution is -0.156. The van der Waals surface area contributed by atoms with E-state index in [2.05, 4.69) is 10.6 Å². The number of amides is 2. The van der Waals surface area contributed by atoms with Crippen molar-refractivity contribution < 1.29 is 14.3 Å². The van der Waals surface area contributed by atoms with Crippen molar-refractivity contribution in [3.8, 4) is 0 Å². The molecule has 0 fully saturated rings. The topological polar surface area (TPSA) is 67.4 Å². The average molecular weight is 333 g/mol. The van der Waals surface area contributed by atoms with Crippen molar-refractivity contribution in [3.05, 3.63) is 28.2 Å². The zero-order valence-electron chi connectivity index (χ0n) is 12.3. The van der Waals surface area contributed by atoms with Gasteiger partial charge in [0.25, 0.3) is 0 Å².